The topological polar surface area (TPSA) is 205 Å². The van der Waals surface area contributed by atoms with Gasteiger partial charge in [0.15, 0.2) is 5.78 Å². The molecule has 142 valence electrons. The van der Waals surface area contributed by atoms with Crippen molar-refractivity contribution in [3.05, 3.63) is 0 Å². The van der Waals surface area contributed by atoms with Crippen LogP contribution in [0.1, 0.15) is 12.8 Å². The molecule has 0 aromatic carbocycles. The van der Waals surface area contributed by atoms with Crippen LogP contribution in [0.4, 0.5) is 0 Å². The van der Waals surface area contributed by atoms with Crippen molar-refractivity contribution < 1.29 is 54.5 Å². The summed E-state index contributed by atoms with van der Waals surface area (Å²) in [6, 6.07) is 0. The second kappa shape index (κ2) is 8.77. The molecule has 1 aliphatic rings. The van der Waals surface area contributed by atoms with Gasteiger partial charge in [-0.1, -0.05) is 0 Å². The number of carbonyl (C=O) groups is 1. The highest BCUT2D eigenvalue weighted by Crippen LogP contribution is 2.34. The summed E-state index contributed by atoms with van der Waals surface area (Å²) in [4.78, 5) is 28.8. The van der Waals surface area contributed by atoms with E-state index in [-0.39, 0.29) is 12.8 Å². The van der Waals surface area contributed by atoms with E-state index >= 15 is 0 Å². The lowest BCUT2D eigenvalue weighted by Crippen LogP contribution is -2.58. The minimum Gasteiger partial charge on any atom is -0.394 e. The number of rotatable bonds is 8. The van der Waals surface area contributed by atoms with Crippen LogP contribution < -0.4 is 0 Å². The summed E-state index contributed by atoms with van der Waals surface area (Å²) in [6.45, 7) is -0.618. The molecular formula is C12H23O11P. The molecule has 7 atom stereocenters. The lowest BCUT2D eigenvalue weighted by molar-refractivity contribution is -0.231. The highest BCUT2D eigenvalue weighted by molar-refractivity contribution is 7.52. The minimum atomic E-state index is -4.67. The number of ether oxygens (including phenoxy) is 1. The average molecular weight is 374 g/mol. The Labute approximate surface area is 137 Å². The van der Waals surface area contributed by atoms with Gasteiger partial charge in [0.25, 0.3) is 0 Å². The summed E-state index contributed by atoms with van der Waals surface area (Å²) >= 11 is 0. The van der Waals surface area contributed by atoms with E-state index in [4.69, 9.17) is 19.6 Å². The highest BCUT2D eigenvalue weighted by Gasteiger charge is 2.43. The quantitative estimate of drug-likeness (QED) is 0.193. The van der Waals surface area contributed by atoms with Crippen LogP contribution in [0, 0.1) is 0 Å². The molecule has 0 amide bonds. The molecule has 1 aliphatic heterocycles. The molecule has 1 fully saturated rings. The van der Waals surface area contributed by atoms with Crippen LogP contribution in [0.15, 0.2) is 0 Å². The van der Waals surface area contributed by atoms with Gasteiger partial charge in [-0.25, -0.2) is 0 Å². The molecule has 1 heterocycles. The number of Topliss-reactive ketones (excluding diaryl/α,β-unsaturated/α-hetero) is 1. The predicted molar refractivity (Wildman–Crippen MR) is 76.9 cm³/mol. The number of aliphatic hydroxyl groups excluding tert-OH is 6. The van der Waals surface area contributed by atoms with Gasteiger partial charge in [-0.15, -0.1) is 0 Å². The summed E-state index contributed by atoms with van der Waals surface area (Å²) < 4.78 is 15.9. The SMILES string of the molecule is O=C(CP(=O)(O)O)C(O)C(O)CC[C@@H]1O[C@H](CO)[C@@H](O)[C@@H](O)[C@@H]1O. The molecule has 0 radical (unpaired) electrons. The zero-order chi connectivity index (χ0) is 18.7. The van der Waals surface area contributed by atoms with Crippen LogP contribution in [0.5, 0.6) is 0 Å². The highest BCUT2D eigenvalue weighted by atomic mass is 31.2. The summed E-state index contributed by atoms with van der Waals surface area (Å²) in [5, 5.41) is 57.4. The maximum Gasteiger partial charge on any atom is 0.333 e. The van der Waals surface area contributed by atoms with Crippen molar-refractivity contribution in [3.63, 3.8) is 0 Å². The fourth-order valence-corrected chi connectivity index (χ4v) is 3.01. The van der Waals surface area contributed by atoms with Crippen LogP contribution in [-0.4, -0.2) is 102 Å². The van der Waals surface area contributed by atoms with Crippen molar-refractivity contribution in [1.82, 2.24) is 0 Å². The van der Waals surface area contributed by atoms with Crippen LogP contribution in [0.2, 0.25) is 0 Å². The first-order chi connectivity index (χ1) is 11.0. The maximum atomic E-state index is 11.4. The Bertz CT molecular complexity index is 464. The summed E-state index contributed by atoms with van der Waals surface area (Å²) in [7, 11) is -4.67. The number of aliphatic hydroxyl groups is 6. The molecule has 0 aromatic rings. The maximum absolute atomic E-state index is 11.4. The van der Waals surface area contributed by atoms with Crippen molar-refractivity contribution in [2.45, 2.75) is 55.6 Å². The Morgan fingerprint density at radius 2 is 1.58 bits per heavy atom. The first kappa shape index (κ1) is 21.6. The normalized spacial score (nSPS) is 33.9. The molecule has 0 aromatic heterocycles. The molecule has 0 spiro atoms. The number of hydrogen-bond acceptors (Lipinski definition) is 9. The first-order valence-electron chi connectivity index (χ1n) is 7.22. The van der Waals surface area contributed by atoms with Gasteiger partial charge in [0.05, 0.1) is 18.8 Å². The van der Waals surface area contributed by atoms with Crippen molar-refractivity contribution in [1.29, 1.82) is 0 Å². The van der Waals surface area contributed by atoms with E-state index in [9.17, 15) is 34.9 Å². The Kier molecular flexibility index (Phi) is 7.88. The van der Waals surface area contributed by atoms with E-state index in [1.54, 1.807) is 0 Å². The fourth-order valence-electron chi connectivity index (χ4n) is 2.42. The summed E-state index contributed by atoms with van der Waals surface area (Å²) in [5.74, 6) is -1.23. The third-order valence-electron chi connectivity index (χ3n) is 3.79. The zero-order valence-electron chi connectivity index (χ0n) is 12.6. The van der Waals surface area contributed by atoms with Crippen LogP contribution in [0.25, 0.3) is 0 Å². The fraction of sp³-hybridized carbons (Fsp3) is 0.917. The van der Waals surface area contributed by atoms with Crippen molar-refractivity contribution in [3.8, 4) is 0 Å². The summed E-state index contributed by atoms with van der Waals surface area (Å²) in [5.41, 5.74) is 0. The van der Waals surface area contributed by atoms with Gasteiger partial charge in [0.1, 0.15) is 36.7 Å². The van der Waals surface area contributed by atoms with Crippen molar-refractivity contribution in [2.24, 2.45) is 0 Å². The Morgan fingerprint density at radius 1 is 1.04 bits per heavy atom. The molecule has 8 N–H and O–H groups in total. The average Bonchev–Trinajstić information content (AvgIpc) is 2.49. The standard InChI is InChI=1S/C12H23O11P/c13-3-8-11(18)12(19)10(17)7(23-8)2-1-5(14)9(16)6(15)4-24(20,21)22/h5,7-14,16-19H,1-4H2,(H2,20,21,22)/t5?,7-,8+,9?,10+,11+,12-/m0/s1. The van der Waals surface area contributed by atoms with Gasteiger partial charge in [-0.3, -0.25) is 9.36 Å². The van der Waals surface area contributed by atoms with Gasteiger partial charge in [-0.05, 0) is 12.8 Å². The Balaban J connectivity index is 2.57. The van der Waals surface area contributed by atoms with E-state index in [1.165, 1.54) is 0 Å². The van der Waals surface area contributed by atoms with Gasteiger partial charge < -0.3 is 45.2 Å². The van der Waals surface area contributed by atoms with Gasteiger partial charge in [-0.2, -0.15) is 0 Å². The van der Waals surface area contributed by atoms with E-state index in [1.807, 2.05) is 0 Å². The molecular weight excluding hydrogens is 351 g/mol. The predicted octanol–water partition coefficient (Wildman–Crippen LogP) is -3.92. The first-order valence-corrected chi connectivity index (χ1v) is 9.01. The van der Waals surface area contributed by atoms with Gasteiger partial charge >= 0.3 is 7.60 Å². The Hall–Kier alpha value is -0.460. The van der Waals surface area contributed by atoms with Gasteiger partial charge in [0, 0.05) is 0 Å². The second-order valence-corrected chi connectivity index (χ2v) is 7.39. The van der Waals surface area contributed by atoms with Crippen LogP contribution >= 0.6 is 7.60 Å². The molecule has 1 saturated heterocycles. The second-order valence-electron chi connectivity index (χ2n) is 5.75. The molecule has 2 unspecified atom stereocenters. The van der Waals surface area contributed by atoms with Crippen LogP contribution in [-0.2, 0) is 14.1 Å². The smallest absolute Gasteiger partial charge is 0.333 e. The lowest BCUT2D eigenvalue weighted by atomic mass is 9.91. The van der Waals surface area contributed by atoms with Crippen LogP contribution in [0.3, 0.4) is 0 Å². The molecule has 0 saturated carbocycles. The van der Waals surface area contributed by atoms with E-state index in [0.717, 1.165) is 0 Å². The van der Waals surface area contributed by atoms with Gasteiger partial charge in [0.2, 0.25) is 0 Å². The lowest BCUT2D eigenvalue weighted by Gasteiger charge is -2.40. The molecule has 12 heteroatoms. The molecule has 11 nitrogen and oxygen atoms in total. The van der Waals surface area contributed by atoms with Crippen molar-refractivity contribution in [2.75, 3.05) is 12.8 Å². The number of hydrogen-bond donors (Lipinski definition) is 8. The monoisotopic (exact) mass is 374 g/mol. The molecule has 24 heavy (non-hydrogen) atoms. The largest absolute Gasteiger partial charge is 0.394 e. The molecule has 1 rings (SSSR count). The van der Waals surface area contributed by atoms with Crippen molar-refractivity contribution >= 4 is 13.4 Å². The third-order valence-corrected chi connectivity index (χ3v) is 4.52. The number of ketones is 1. The number of carbonyl (C=O) groups excluding carboxylic acids is 1. The molecule has 0 aliphatic carbocycles. The third kappa shape index (κ3) is 5.81. The van der Waals surface area contributed by atoms with E-state index in [0.29, 0.717) is 0 Å². The summed E-state index contributed by atoms with van der Waals surface area (Å²) in [6.07, 6.45) is -12.2. The zero-order valence-corrected chi connectivity index (χ0v) is 13.5. The minimum absolute atomic E-state index is 0.150. The Morgan fingerprint density at radius 3 is 2.08 bits per heavy atom. The molecule has 0 bridgehead atoms. The van der Waals surface area contributed by atoms with E-state index < -0.39 is 68.9 Å². The van der Waals surface area contributed by atoms with E-state index in [2.05, 4.69) is 0 Å².